The molecular formula is C36H38N4O5. The number of hydrogen-bond acceptors (Lipinski definition) is 5. The van der Waals surface area contributed by atoms with E-state index in [2.05, 4.69) is 16.0 Å². The molecule has 0 spiro atoms. The Hall–Kier alpha value is -5.44. The van der Waals surface area contributed by atoms with Crippen LogP contribution >= 0.6 is 0 Å². The molecule has 232 valence electrons. The maximum Gasteiger partial charge on any atom is 0.407 e. The molecule has 4 rings (SSSR count). The SMILES string of the molecule is NC(=O)Cc1ccc(CNC(=O)[C@@H](CCCNC(=O)OCc2ccccc2)NC(=O)C(c2ccccc2)c2ccccc2)cc1. The van der Waals surface area contributed by atoms with Gasteiger partial charge in [-0.1, -0.05) is 115 Å². The van der Waals surface area contributed by atoms with Crippen molar-refractivity contribution in [2.45, 2.75) is 44.4 Å². The van der Waals surface area contributed by atoms with Crippen molar-refractivity contribution in [3.05, 3.63) is 143 Å². The summed E-state index contributed by atoms with van der Waals surface area (Å²) >= 11 is 0. The van der Waals surface area contributed by atoms with Crippen LogP contribution in [0, 0.1) is 0 Å². The van der Waals surface area contributed by atoms with Crippen molar-refractivity contribution in [3.63, 3.8) is 0 Å². The van der Waals surface area contributed by atoms with E-state index in [0.717, 1.165) is 27.8 Å². The van der Waals surface area contributed by atoms with E-state index in [4.69, 9.17) is 10.5 Å². The second-order valence-electron chi connectivity index (χ2n) is 10.6. The van der Waals surface area contributed by atoms with Gasteiger partial charge in [0.2, 0.25) is 17.7 Å². The third kappa shape index (κ3) is 10.7. The van der Waals surface area contributed by atoms with E-state index >= 15 is 0 Å². The van der Waals surface area contributed by atoms with Gasteiger partial charge in [-0.05, 0) is 40.7 Å². The van der Waals surface area contributed by atoms with Crippen molar-refractivity contribution in [2.24, 2.45) is 5.73 Å². The standard InChI is InChI=1S/C36H38N4O5/c37-32(41)23-26-18-20-27(21-19-26)24-39-34(42)31(17-10-22-38-36(44)45-25-28-11-4-1-5-12-28)40-35(43)33(29-13-6-2-7-14-29)30-15-8-3-9-16-30/h1-9,11-16,18-21,31,33H,10,17,22-25H2,(H2,37,41)(H,38,44)(H,39,42)(H,40,43)/t31-/m1/s1. The number of rotatable bonds is 15. The minimum absolute atomic E-state index is 0.137. The van der Waals surface area contributed by atoms with Crippen molar-refractivity contribution < 1.29 is 23.9 Å². The van der Waals surface area contributed by atoms with Crippen molar-refractivity contribution in [1.29, 1.82) is 0 Å². The summed E-state index contributed by atoms with van der Waals surface area (Å²) in [4.78, 5) is 50.7. The summed E-state index contributed by atoms with van der Waals surface area (Å²) in [6.07, 6.45) is 0.280. The van der Waals surface area contributed by atoms with Gasteiger partial charge in [0.05, 0.1) is 12.3 Å². The van der Waals surface area contributed by atoms with Crippen molar-refractivity contribution in [2.75, 3.05) is 6.54 Å². The largest absolute Gasteiger partial charge is 0.445 e. The lowest BCUT2D eigenvalue weighted by Gasteiger charge is -2.23. The van der Waals surface area contributed by atoms with E-state index in [0.29, 0.717) is 6.42 Å². The Bertz CT molecular complexity index is 1490. The molecule has 0 aliphatic heterocycles. The van der Waals surface area contributed by atoms with Crippen LogP contribution in [0.4, 0.5) is 4.79 Å². The smallest absolute Gasteiger partial charge is 0.407 e. The van der Waals surface area contributed by atoms with Crippen LogP contribution in [0.3, 0.4) is 0 Å². The minimum Gasteiger partial charge on any atom is -0.445 e. The number of primary amides is 1. The summed E-state index contributed by atoms with van der Waals surface area (Å²) in [6, 6.07) is 34.5. The molecule has 0 saturated carbocycles. The van der Waals surface area contributed by atoms with E-state index in [9.17, 15) is 19.2 Å². The molecule has 0 saturated heterocycles. The molecule has 1 atom stereocenters. The van der Waals surface area contributed by atoms with E-state index in [1.54, 1.807) is 12.1 Å². The summed E-state index contributed by atoms with van der Waals surface area (Å²) < 4.78 is 5.27. The second-order valence-corrected chi connectivity index (χ2v) is 10.6. The van der Waals surface area contributed by atoms with Gasteiger partial charge in [0.15, 0.2) is 0 Å². The molecule has 0 bridgehead atoms. The van der Waals surface area contributed by atoms with Gasteiger partial charge in [-0.15, -0.1) is 0 Å². The highest BCUT2D eigenvalue weighted by Gasteiger charge is 2.27. The fourth-order valence-corrected chi connectivity index (χ4v) is 4.87. The molecule has 0 aromatic heterocycles. The monoisotopic (exact) mass is 606 g/mol. The maximum atomic E-state index is 13.8. The highest BCUT2D eigenvalue weighted by Crippen LogP contribution is 2.25. The molecule has 9 nitrogen and oxygen atoms in total. The zero-order valence-corrected chi connectivity index (χ0v) is 25.0. The van der Waals surface area contributed by atoms with Gasteiger partial charge < -0.3 is 26.4 Å². The third-order valence-electron chi connectivity index (χ3n) is 7.18. The zero-order valence-electron chi connectivity index (χ0n) is 25.0. The molecule has 4 aromatic rings. The Balaban J connectivity index is 1.40. The lowest BCUT2D eigenvalue weighted by molar-refractivity contribution is -0.129. The number of benzene rings is 4. The fraction of sp³-hybridized carbons (Fsp3) is 0.222. The highest BCUT2D eigenvalue weighted by molar-refractivity contribution is 5.92. The lowest BCUT2D eigenvalue weighted by Crippen LogP contribution is -2.48. The number of ether oxygens (including phenoxy) is 1. The van der Waals surface area contributed by atoms with Gasteiger partial charge in [-0.2, -0.15) is 0 Å². The summed E-state index contributed by atoms with van der Waals surface area (Å²) in [5.41, 5.74) is 9.37. The van der Waals surface area contributed by atoms with Gasteiger partial charge in [0, 0.05) is 13.1 Å². The number of hydrogen-bond donors (Lipinski definition) is 4. The normalized spacial score (nSPS) is 11.3. The molecule has 0 radical (unpaired) electrons. The number of carbonyl (C=O) groups excluding carboxylic acids is 4. The summed E-state index contributed by atoms with van der Waals surface area (Å²) in [5.74, 6) is -1.70. The van der Waals surface area contributed by atoms with Gasteiger partial charge >= 0.3 is 6.09 Å². The van der Waals surface area contributed by atoms with Crippen molar-refractivity contribution in [3.8, 4) is 0 Å². The summed E-state index contributed by atoms with van der Waals surface area (Å²) in [5, 5.41) is 8.60. The van der Waals surface area contributed by atoms with E-state index < -0.39 is 24.0 Å². The number of alkyl carbamates (subject to hydrolysis) is 1. The second kappa shape index (κ2) is 17.0. The number of carbonyl (C=O) groups is 4. The Kier molecular flexibility index (Phi) is 12.3. The molecule has 4 aromatic carbocycles. The van der Waals surface area contributed by atoms with Crippen LogP contribution in [0.2, 0.25) is 0 Å². The quantitative estimate of drug-likeness (QED) is 0.149. The van der Waals surface area contributed by atoms with Crippen LogP contribution in [0.5, 0.6) is 0 Å². The van der Waals surface area contributed by atoms with Crippen LogP contribution in [0.15, 0.2) is 115 Å². The Morgan fingerprint density at radius 3 is 1.78 bits per heavy atom. The van der Waals surface area contributed by atoms with Crippen LogP contribution in [-0.4, -0.2) is 36.4 Å². The summed E-state index contributed by atoms with van der Waals surface area (Å²) in [7, 11) is 0. The molecule has 9 heteroatoms. The number of nitrogens with two attached hydrogens (primary N) is 1. The highest BCUT2D eigenvalue weighted by atomic mass is 16.5. The van der Waals surface area contributed by atoms with Gasteiger partial charge in [0.1, 0.15) is 12.6 Å². The first-order valence-electron chi connectivity index (χ1n) is 14.9. The molecule has 0 aliphatic rings. The predicted molar refractivity (Wildman–Crippen MR) is 172 cm³/mol. The average Bonchev–Trinajstić information content (AvgIpc) is 3.06. The molecule has 0 heterocycles. The van der Waals surface area contributed by atoms with Gasteiger partial charge in [-0.3, -0.25) is 14.4 Å². The first-order valence-corrected chi connectivity index (χ1v) is 14.9. The van der Waals surface area contributed by atoms with E-state index in [1.807, 2.05) is 103 Å². The average molecular weight is 607 g/mol. The minimum atomic E-state index is -0.858. The van der Waals surface area contributed by atoms with Gasteiger partial charge in [-0.25, -0.2) is 4.79 Å². The molecule has 4 amide bonds. The molecule has 0 unspecified atom stereocenters. The van der Waals surface area contributed by atoms with Crippen LogP contribution < -0.4 is 21.7 Å². The first-order chi connectivity index (χ1) is 21.9. The Morgan fingerprint density at radius 2 is 1.20 bits per heavy atom. The number of amides is 4. The van der Waals surface area contributed by atoms with Crippen LogP contribution in [-0.2, 0) is 38.7 Å². The molecule has 45 heavy (non-hydrogen) atoms. The maximum absolute atomic E-state index is 13.8. The topological polar surface area (TPSA) is 140 Å². The molecule has 5 N–H and O–H groups in total. The number of nitrogens with one attached hydrogen (secondary N) is 3. The fourth-order valence-electron chi connectivity index (χ4n) is 4.87. The molecular weight excluding hydrogens is 568 g/mol. The van der Waals surface area contributed by atoms with Crippen LogP contribution in [0.25, 0.3) is 0 Å². The molecule has 0 fully saturated rings. The van der Waals surface area contributed by atoms with Crippen LogP contribution in [0.1, 0.15) is 46.6 Å². The predicted octanol–water partition coefficient (Wildman–Crippen LogP) is 4.35. The van der Waals surface area contributed by atoms with Gasteiger partial charge in [0.25, 0.3) is 0 Å². The van der Waals surface area contributed by atoms with Crippen molar-refractivity contribution >= 4 is 23.8 Å². The Morgan fingerprint density at radius 1 is 0.644 bits per heavy atom. The van der Waals surface area contributed by atoms with E-state index in [-0.39, 0.29) is 44.4 Å². The first kappa shape index (κ1) is 32.5. The van der Waals surface area contributed by atoms with Crippen molar-refractivity contribution in [1.82, 2.24) is 16.0 Å². The lowest BCUT2D eigenvalue weighted by atomic mass is 9.90. The third-order valence-corrected chi connectivity index (χ3v) is 7.18. The van der Waals surface area contributed by atoms with E-state index in [1.165, 1.54) is 0 Å². The molecule has 0 aliphatic carbocycles. The zero-order chi connectivity index (χ0) is 31.9. The Labute approximate surface area is 263 Å². The summed E-state index contributed by atoms with van der Waals surface area (Å²) in [6.45, 7) is 0.639.